The van der Waals surface area contributed by atoms with Crippen LogP contribution >= 0.6 is 0 Å². The predicted octanol–water partition coefficient (Wildman–Crippen LogP) is 9.55. The topological polar surface area (TPSA) is 71.3 Å². The molecule has 0 fully saturated rings. The summed E-state index contributed by atoms with van der Waals surface area (Å²) in [6.45, 7) is 2.26. The highest BCUT2D eigenvalue weighted by Crippen LogP contribution is 2.43. The molecule has 0 bridgehead atoms. The number of hydrogen-bond acceptors (Lipinski definition) is 4. The molecule has 0 N–H and O–H groups in total. The third-order valence-electron chi connectivity index (χ3n) is 9.46. The molecule has 1 aliphatic rings. The second-order valence-electron chi connectivity index (χ2n) is 12.6. The summed E-state index contributed by atoms with van der Waals surface area (Å²) in [5.41, 5.74) is 7.94. The Kier molecular flexibility index (Phi) is 7.66. The predicted molar refractivity (Wildman–Crippen MR) is 203 cm³/mol. The van der Waals surface area contributed by atoms with Crippen LogP contribution < -0.4 is 0 Å². The van der Waals surface area contributed by atoms with E-state index in [-0.39, 0.29) is 0 Å². The number of para-hydroxylation sites is 3. The minimum atomic E-state index is 0.326. The van der Waals surface area contributed by atoms with Gasteiger partial charge in [0.25, 0.3) is 0 Å². The maximum atomic E-state index is 5.04. The molecule has 8 aromatic rings. The zero-order valence-electron chi connectivity index (χ0n) is 28.0. The number of imidazole rings is 4. The fourth-order valence-electron chi connectivity index (χ4n) is 7.00. The van der Waals surface area contributed by atoms with Crippen LogP contribution in [0.5, 0.6) is 0 Å². The van der Waals surface area contributed by atoms with Crippen molar-refractivity contribution >= 4 is 5.70 Å². The van der Waals surface area contributed by atoms with E-state index in [1.165, 1.54) is 5.70 Å². The van der Waals surface area contributed by atoms with E-state index in [1.54, 1.807) is 0 Å². The number of benzene rings is 4. The van der Waals surface area contributed by atoms with Gasteiger partial charge in [-0.05, 0) is 61.0 Å². The third-order valence-corrected chi connectivity index (χ3v) is 9.46. The lowest BCUT2D eigenvalue weighted by Crippen LogP contribution is -2.10. The minimum Gasteiger partial charge on any atom is -0.303 e. The van der Waals surface area contributed by atoms with Gasteiger partial charge in [0.05, 0.1) is 0 Å². The zero-order valence-corrected chi connectivity index (χ0v) is 28.0. The van der Waals surface area contributed by atoms with Crippen molar-refractivity contribution in [2.45, 2.75) is 13.3 Å². The molecule has 4 aromatic carbocycles. The van der Waals surface area contributed by atoms with E-state index in [4.69, 9.17) is 19.9 Å². The summed E-state index contributed by atoms with van der Waals surface area (Å²) in [5.74, 6) is 3.55. The van der Waals surface area contributed by atoms with Crippen molar-refractivity contribution in [1.29, 1.82) is 0 Å². The van der Waals surface area contributed by atoms with E-state index in [0.717, 1.165) is 69.0 Å². The number of aromatic nitrogens is 8. The molecule has 9 rings (SSSR count). The lowest BCUT2D eigenvalue weighted by molar-refractivity contribution is 0.715. The molecule has 4 heterocycles. The molecule has 0 saturated heterocycles. The molecule has 8 nitrogen and oxygen atoms in total. The van der Waals surface area contributed by atoms with Crippen LogP contribution in [0.4, 0.5) is 0 Å². The Morgan fingerprint density at radius 1 is 0.471 bits per heavy atom. The smallest absolute Gasteiger partial charge is 0.145 e. The molecular weight excluding hydrogens is 629 g/mol. The van der Waals surface area contributed by atoms with Crippen LogP contribution in [0.3, 0.4) is 0 Å². The highest BCUT2D eigenvalue weighted by Gasteiger charge is 2.26. The minimum absolute atomic E-state index is 0.326. The van der Waals surface area contributed by atoms with Crippen molar-refractivity contribution in [1.82, 2.24) is 38.2 Å². The average Bonchev–Trinajstić information content (AvgIpc) is 4.03. The normalized spacial score (nSPS) is 14.1. The van der Waals surface area contributed by atoms with Gasteiger partial charge < -0.3 is 4.57 Å². The Hall–Kier alpha value is -6.80. The van der Waals surface area contributed by atoms with Gasteiger partial charge in [0.15, 0.2) is 0 Å². The Balaban J connectivity index is 1.37. The standard InChI is InChI=1S/C43H34N8/c1-31-13-11-12-20-39(31)51-28-24-47-43(51)38-30-36(41-45-22-26-49(41)33-16-7-3-8-17-33)35(40-44-21-25-48(40)32-14-5-2-6-15-32)29-37(38)42-46-23-27-50(42)34-18-9-4-10-19-34/h2-12,14-31H,13H2,1H3. The van der Waals surface area contributed by atoms with Gasteiger partial charge in [-0.25, -0.2) is 19.9 Å². The zero-order chi connectivity index (χ0) is 34.1. The molecule has 1 aliphatic carbocycles. The van der Waals surface area contributed by atoms with E-state index in [9.17, 15) is 0 Å². The van der Waals surface area contributed by atoms with Crippen molar-refractivity contribution in [3.05, 3.63) is 171 Å². The van der Waals surface area contributed by atoms with Gasteiger partial charge >= 0.3 is 0 Å². The number of rotatable bonds is 8. The van der Waals surface area contributed by atoms with E-state index >= 15 is 0 Å². The summed E-state index contributed by atoms with van der Waals surface area (Å²) in [7, 11) is 0. The lowest BCUT2D eigenvalue weighted by Gasteiger charge is -2.22. The fraction of sp³-hybridized carbons (Fsp3) is 0.0698. The number of hydrogen-bond donors (Lipinski definition) is 0. The second-order valence-corrected chi connectivity index (χ2v) is 12.6. The second kappa shape index (κ2) is 12.9. The molecule has 246 valence electrons. The molecule has 8 heteroatoms. The van der Waals surface area contributed by atoms with Crippen LogP contribution in [0.15, 0.2) is 171 Å². The SMILES string of the molecule is CC1CC=CC=C1n1ccnc1-c1cc(-c2nccn2-c2ccccc2)c(-c2nccn2-c2ccccc2)cc1-c1nccn1-c1ccccc1. The Labute approximate surface area is 296 Å². The van der Waals surface area contributed by atoms with Gasteiger partial charge in [-0.3, -0.25) is 13.7 Å². The maximum absolute atomic E-state index is 5.04. The van der Waals surface area contributed by atoms with E-state index in [1.807, 2.05) is 98.0 Å². The average molecular weight is 663 g/mol. The molecule has 0 aliphatic heterocycles. The largest absolute Gasteiger partial charge is 0.303 e. The quantitative estimate of drug-likeness (QED) is 0.163. The van der Waals surface area contributed by atoms with Crippen LogP contribution in [0.1, 0.15) is 13.3 Å². The Morgan fingerprint density at radius 3 is 1.20 bits per heavy atom. The molecule has 1 unspecified atom stereocenters. The number of allylic oxidation sites excluding steroid dienone is 4. The first-order valence-electron chi connectivity index (χ1n) is 17.1. The van der Waals surface area contributed by atoms with Gasteiger partial charge in [0.2, 0.25) is 0 Å². The van der Waals surface area contributed by atoms with Gasteiger partial charge in [-0.15, -0.1) is 0 Å². The first-order chi connectivity index (χ1) is 25.2. The van der Waals surface area contributed by atoms with E-state index in [0.29, 0.717) is 5.92 Å². The highest BCUT2D eigenvalue weighted by molar-refractivity contribution is 5.91. The van der Waals surface area contributed by atoms with E-state index < -0.39 is 0 Å². The van der Waals surface area contributed by atoms with Crippen molar-refractivity contribution in [2.24, 2.45) is 5.92 Å². The summed E-state index contributed by atoms with van der Waals surface area (Å²) < 4.78 is 8.62. The monoisotopic (exact) mass is 662 g/mol. The van der Waals surface area contributed by atoms with Crippen molar-refractivity contribution in [3.63, 3.8) is 0 Å². The van der Waals surface area contributed by atoms with Gasteiger partial charge in [-0.2, -0.15) is 0 Å². The molecule has 51 heavy (non-hydrogen) atoms. The summed E-state index contributed by atoms with van der Waals surface area (Å²) in [5, 5.41) is 0. The van der Waals surface area contributed by atoms with Crippen molar-refractivity contribution in [2.75, 3.05) is 0 Å². The van der Waals surface area contributed by atoms with Crippen LogP contribution in [0, 0.1) is 5.92 Å². The van der Waals surface area contributed by atoms with Crippen molar-refractivity contribution < 1.29 is 0 Å². The summed E-state index contributed by atoms with van der Waals surface area (Å²) in [6.07, 6.45) is 23.1. The van der Waals surface area contributed by atoms with Gasteiger partial charge in [0, 0.05) is 101 Å². The molecule has 0 saturated carbocycles. The van der Waals surface area contributed by atoms with Crippen LogP contribution in [0.2, 0.25) is 0 Å². The fourth-order valence-corrected chi connectivity index (χ4v) is 7.00. The molecule has 1 atom stereocenters. The Bertz CT molecular complexity index is 2510. The lowest BCUT2D eigenvalue weighted by atomic mass is 9.94. The molecular formula is C43H34N8. The van der Waals surface area contributed by atoms with Crippen LogP contribution in [-0.4, -0.2) is 38.2 Å². The van der Waals surface area contributed by atoms with Crippen LogP contribution in [0.25, 0.3) is 68.3 Å². The first-order valence-corrected chi connectivity index (χ1v) is 17.1. The molecule has 0 spiro atoms. The summed E-state index contributed by atoms with van der Waals surface area (Å²) in [4.78, 5) is 20.0. The number of nitrogens with zero attached hydrogens (tertiary/aromatic N) is 8. The molecule has 4 aromatic heterocycles. The van der Waals surface area contributed by atoms with E-state index in [2.05, 4.69) is 98.1 Å². The first kappa shape index (κ1) is 30.3. The summed E-state index contributed by atoms with van der Waals surface area (Å²) >= 11 is 0. The molecule has 0 radical (unpaired) electrons. The maximum Gasteiger partial charge on any atom is 0.145 e. The summed E-state index contributed by atoms with van der Waals surface area (Å²) in [6, 6.07) is 35.4. The highest BCUT2D eigenvalue weighted by atomic mass is 15.1. The van der Waals surface area contributed by atoms with Crippen LogP contribution in [-0.2, 0) is 0 Å². The molecule has 0 amide bonds. The van der Waals surface area contributed by atoms with Gasteiger partial charge in [0.1, 0.15) is 23.3 Å². The Morgan fingerprint density at radius 2 is 0.824 bits per heavy atom. The third kappa shape index (κ3) is 5.43. The van der Waals surface area contributed by atoms with Crippen molar-refractivity contribution in [3.8, 4) is 62.6 Å². The van der Waals surface area contributed by atoms with Gasteiger partial charge in [-0.1, -0.05) is 73.7 Å².